The Labute approximate surface area is 143 Å². The molecule has 1 N–H and O–H groups in total. The zero-order valence-corrected chi connectivity index (χ0v) is 13.9. The van der Waals surface area contributed by atoms with Gasteiger partial charge in [0.1, 0.15) is 6.61 Å². The van der Waals surface area contributed by atoms with E-state index in [1.54, 1.807) is 18.2 Å². The smallest absolute Gasteiger partial charge is 0.165 e. The monoisotopic (exact) mass is 332 g/mol. The molecule has 0 radical (unpaired) electrons. The molecule has 0 aliphatic heterocycles. The van der Waals surface area contributed by atoms with Crippen molar-refractivity contribution in [3.63, 3.8) is 0 Å². The van der Waals surface area contributed by atoms with Gasteiger partial charge in [-0.05, 0) is 30.5 Å². The topological polar surface area (TPSA) is 38.7 Å². The van der Waals surface area contributed by atoms with Crippen molar-refractivity contribution >= 4 is 0 Å². The van der Waals surface area contributed by atoms with Crippen LogP contribution in [-0.4, -0.2) is 24.4 Å². The van der Waals surface area contributed by atoms with Crippen molar-refractivity contribution in [2.24, 2.45) is 0 Å². The molecule has 0 aliphatic rings. The number of hydrogen-bond donors (Lipinski definition) is 1. The number of aliphatic hydroxyl groups excluding tert-OH is 1. The van der Waals surface area contributed by atoms with E-state index in [1.165, 1.54) is 11.6 Å². The fourth-order valence-corrected chi connectivity index (χ4v) is 2.36. The van der Waals surface area contributed by atoms with Gasteiger partial charge in [-0.1, -0.05) is 55.3 Å². The van der Waals surface area contributed by atoms with Crippen LogP contribution in [0.15, 0.2) is 54.6 Å². The normalized spacial score (nSPS) is 12.1. The van der Waals surface area contributed by atoms with E-state index in [2.05, 4.69) is 0 Å². The van der Waals surface area contributed by atoms with Crippen LogP contribution in [0.1, 0.15) is 31.2 Å². The number of aliphatic hydroxyl groups is 1. The number of hydrogen-bond acceptors (Lipinski definition) is 3. The van der Waals surface area contributed by atoms with Gasteiger partial charge in [-0.2, -0.15) is 0 Å². The van der Waals surface area contributed by atoms with Gasteiger partial charge in [-0.25, -0.2) is 4.39 Å². The molecule has 0 aliphatic carbocycles. The summed E-state index contributed by atoms with van der Waals surface area (Å²) in [6.45, 7) is 1.47. The molecule has 130 valence electrons. The Balaban J connectivity index is 1.47. The second-order valence-electron chi connectivity index (χ2n) is 5.78. The maximum Gasteiger partial charge on any atom is 0.165 e. The number of halogens is 1. The zero-order chi connectivity index (χ0) is 17.0. The van der Waals surface area contributed by atoms with Crippen molar-refractivity contribution in [2.75, 3.05) is 13.2 Å². The third kappa shape index (κ3) is 7.11. The molecule has 2 rings (SSSR count). The molecule has 1 atom stereocenters. The molecule has 0 bridgehead atoms. The molecular weight excluding hydrogens is 307 g/mol. The van der Waals surface area contributed by atoms with Gasteiger partial charge in [-0.15, -0.1) is 0 Å². The number of ether oxygens (including phenoxy) is 2. The summed E-state index contributed by atoms with van der Waals surface area (Å²) < 4.78 is 24.3. The fourth-order valence-electron chi connectivity index (χ4n) is 2.36. The van der Waals surface area contributed by atoms with Crippen molar-refractivity contribution < 1.29 is 19.0 Å². The highest BCUT2D eigenvalue weighted by atomic mass is 19.1. The molecule has 3 nitrogen and oxygen atoms in total. The Hall–Kier alpha value is -1.91. The van der Waals surface area contributed by atoms with Crippen LogP contribution in [-0.2, 0) is 11.3 Å². The van der Waals surface area contributed by atoms with Crippen molar-refractivity contribution in [1.82, 2.24) is 0 Å². The van der Waals surface area contributed by atoms with Crippen molar-refractivity contribution in [3.8, 4) is 5.75 Å². The third-order valence-corrected chi connectivity index (χ3v) is 3.71. The molecule has 24 heavy (non-hydrogen) atoms. The summed E-state index contributed by atoms with van der Waals surface area (Å²) in [7, 11) is 0. The number of rotatable bonds is 11. The van der Waals surface area contributed by atoms with E-state index in [-0.39, 0.29) is 12.4 Å². The lowest BCUT2D eigenvalue weighted by atomic mass is 10.1. The highest BCUT2D eigenvalue weighted by Crippen LogP contribution is 2.16. The minimum atomic E-state index is -0.574. The third-order valence-electron chi connectivity index (χ3n) is 3.71. The van der Waals surface area contributed by atoms with E-state index in [4.69, 9.17) is 9.47 Å². The number of benzene rings is 2. The van der Waals surface area contributed by atoms with Crippen molar-refractivity contribution in [1.29, 1.82) is 0 Å². The van der Waals surface area contributed by atoms with Crippen LogP contribution in [0, 0.1) is 5.82 Å². The van der Waals surface area contributed by atoms with Crippen LogP contribution in [0.5, 0.6) is 5.75 Å². The maximum absolute atomic E-state index is 13.4. The minimum Gasteiger partial charge on any atom is -0.488 e. The maximum atomic E-state index is 13.4. The largest absolute Gasteiger partial charge is 0.488 e. The number of para-hydroxylation sites is 1. The van der Waals surface area contributed by atoms with E-state index < -0.39 is 11.9 Å². The average Bonchev–Trinajstić information content (AvgIpc) is 2.61. The molecule has 0 heterocycles. The molecule has 2 aromatic carbocycles. The first kappa shape index (κ1) is 18.4. The van der Waals surface area contributed by atoms with Gasteiger partial charge in [0.25, 0.3) is 0 Å². The Morgan fingerprint density at radius 2 is 1.67 bits per heavy atom. The lowest BCUT2D eigenvalue weighted by Crippen LogP contribution is -2.17. The van der Waals surface area contributed by atoms with E-state index in [0.717, 1.165) is 25.9 Å². The highest BCUT2D eigenvalue weighted by molar-refractivity contribution is 5.23. The van der Waals surface area contributed by atoms with Gasteiger partial charge in [0.2, 0.25) is 0 Å². The first-order valence-electron chi connectivity index (χ1n) is 8.43. The molecule has 0 spiro atoms. The molecule has 2 aromatic rings. The molecule has 0 saturated carbocycles. The molecule has 0 fully saturated rings. The predicted octanol–water partition coefficient (Wildman–Crippen LogP) is 4.34. The van der Waals surface area contributed by atoms with Crippen LogP contribution in [0.2, 0.25) is 0 Å². The Morgan fingerprint density at radius 3 is 2.46 bits per heavy atom. The number of unbranched alkanes of at least 4 members (excludes halogenated alkanes) is 2. The molecular formula is C20H25FO3. The SMILES string of the molecule is OC(CCCCCOCc1ccccc1)COc1ccccc1F. The van der Waals surface area contributed by atoms with Gasteiger partial charge in [0.15, 0.2) is 11.6 Å². The van der Waals surface area contributed by atoms with Crippen LogP contribution < -0.4 is 4.74 Å². The van der Waals surface area contributed by atoms with E-state index in [9.17, 15) is 9.50 Å². The summed E-state index contributed by atoms with van der Waals surface area (Å²) in [5.41, 5.74) is 1.18. The highest BCUT2D eigenvalue weighted by Gasteiger charge is 2.07. The van der Waals surface area contributed by atoms with E-state index in [0.29, 0.717) is 13.0 Å². The molecule has 1 unspecified atom stereocenters. The van der Waals surface area contributed by atoms with Crippen molar-refractivity contribution in [2.45, 2.75) is 38.4 Å². The second kappa shape index (κ2) is 10.8. The predicted molar refractivity (Wildman–Crippen MR) is 92.5 cm³/mol. The molecule has 4 heteroatoms. The average molecular weight is 332 g/mol. The van der Waals surface area contributed by atoms with Gasteiger partial charge < -0.3 is 14.6 Å². The molecule has 0 saturated heterocycles. The summed E-state index contributed by atoms with van der Waals surface area (Å²) >= 11 is 0. The van der Waals surface area contributed by atoms with E-state index >= 15 is 0 Å². The van der Waals surface area contributed by atoms with Gasteiger partial charge in [0, 0.05) is 6.61 Å². The first-order valence-corrected chi connectivity index (χ1v) is 8.43. The first-order chi connectivity index (χ1) is 11.8. The summed E-state index contributed by atoms with van der Waals surface area (Å²) in [6.07, 6.45) is 2.93. The van der Waals surface area contributed by atoms with Gasteiger partial charge >= 0.3 is 0 Å². The summed E-state index contributed by atoms with van der Waals surface area (Å²) in [5.74, 6) is -0.217. The van der Waals surface area contributed by atoms with Gasteiger partial charge in [-0.3, -0.25) is 0 Å². The summed E-state index contributed by atoms with van der Waals surface area (Å²) in [5, 5.41) is 9.87. The van der Waals surface area contributed by atoms with Crippen LogP contribution in [0.4, 0.5) is 4.39 Å². The van der Waals surface area contributed by atoms with Gasteiger partial charge in [0.05, 0.1) is 12.7 Å². The van der Waals surface area contributed by atoms with Crippen LogP contribution >= 0.6 is 0 Å². The van der Waals surface area contributed by atoms with Crippen LogP contribution in [0.25, 0.3) is 0 Å². The Kier molecular flexibility index (Phi) is 8.28. The fraction of sp³-hybridized carbons (Fsp3) is 0.400. The minimum absolute atomic E-state index is 0.117. The Morgan fingerprint density at radius 1 is 0.917 bits per heavy atom. The summed E-state index contributed by atoms with van der Waals surface area (Å²) in [4.78, 5) is 0. The molecule has 0 aromatic heterocycles. The van der Waals surface area contributed by atoms with E-state index in [1.807, 2.05) is 30.3 Å². The quantitative estimate of drug-likeness (QED) is 0.622. The molecule has 0 amide bonds. The lowest BCUT2D eigenvalue weighted by Gasteiger charge is -2.12. The lowest BCUT2D eigenvalue weighted by molar-refractivity contribution is 0.0917. The zero-order valence-electron chi connectivity index (χ0n) is 13.9. The van der Waals surface area contributed by atoms with Crippen molar-refractivity contribution in [3.05, 3.63) is 66.0 Å². The van der Waals surface area contributed by atoms with Crippen LogP contribution in [0.3, 0.4) is 0 Å². The second-order valence-corrected chi connectivity index (χ2v) is 5.78. The summed E-state index contributed by atoms with van der Waals surface area (Å²) in [6, 6.07) is 16.3. The Bertz CT molecular complexity index is 574. The standard InChI is InChI=1S/C20H25FO3/c21-19-12-6-7-13-20(19)24-16-18(22)11-5-2-8-14-23-15-17-9-3-1-4-10-17/h1,3-4,6-7,9-10,12-13,18,22H,2,5,8,11,14-16H2.